The average Bonchev–Trinajstić information content (AvgIpc) is 2.98. The van der Waals surface area contributed by atoms with E-state index in [0.717, 1.165) is 0 Å². The van der Waals surface area contributed by atoms with E-state index in [-0.39, 0.29) is 29.0 Å². The molecule has 1 heterocycles. The number of rotatable bonds is 5. The average molecular weight is 402 g/mol. The van der Waals surface area contributed by atoms with E-state index in [1.165, 1.54) is 38.1 Å². The van der Waals surface area contributed by atoms with E-state index < -0.39 is 0 Å². The Morgan fingerprint density at radius 3 is 2.32 bits per heavy atom. The van der Waals surface area contributed by atoms with Gasteiger partial charge >= 0.3 is 0 Å². The fraction of sp³-hybridized carbons (Fsp3) is 0.200. The highest BCUT2D eigenvalue weighted by molar-refractivity contribution is 8.18. The Hall–Kier alpha value is -3.00. The van der Waals surface area contributed by atoms with Gasteiger partial charge in [-0.05, 0) is 66.7 Å². The third kappa shape index (κ3) is 3.96. The quantitative estimate of drug-likeness (QED) is 0.760. The second kappa shape index (κ2) is 8.35. The summed E-state index contributed by atoms with van der Waals surface area (Å²) in [6.45, 7) is 2.31. The molecule has 1 aliphatic heterocycles. The van der Waals surface area contributed by atoms with Crippen LogP contribution in [0.2, 0.25) is 0 Å². The van der Waals surface area contributed by atoms with E-state index in [9.17, 15) is 14.3 Å². The number of carbonyl (C=O) groups is 1. The monoisotopic (exact) mass is 402 g/mol. The van der Waals surface area contributed by atoms with Crippen LogP contribution in [0.3, 0.4) is 0 Å². The molecule has 0 atom stereocenters. The van der Waals surface area contributed by atoms with Crippen LogP contribution in [0.4, 0.5) is 10.1 Å². The van der Waals surface area contributed by atoms with Gasteiger partial charge in [0.2, 0.25) is 5.75 Å². The number of phenolic OH excluding ortho intramolecular Hbond substituents is 1. The zero-order chi connectivity index (χ0) is 20.3. The van der Waals surface area contributed by atoms with Crippen LogP contribution >= 0.6 is 11.8 Å². The van der Waals surface area contributed by atoms with Gasteiger partial charge < -0.3 is 14.6 Å². The lowest BCUT2D eigenvalue weighted by Gasteiger charge is -2.12. The Balaban J connectivity index is 1.97. The molecule has 0 spiro atoms. The largest absolute Gasteiger partial charge is 0.502 e. The zero-order valence-corrected chi connectivity index (χ0v) is 16.4. The summed E-state index contributed by atoms with van der Waals surface area (Å²) in [5.74, 6) is -0.142. The summed E-state index contributed by atoms with van der Waals surface area (Å²) in [6, 6.07) is 8.98. The lowest BCUT2D eigenvalue weighted by atomic mass is 10.1. The summed E-state index contributed by atoms with van der Waals surface area (Å²) in [5.41, 5.74) is 1.20. The summed E-state index contributed by atoms with van der Waals surface area (Å²) >= 11 is 1.23. The molecule has 2 aromatic carbocycles. The number of ether oxygens (including phenoxy) is 2. The molecule has 0 saturated carbocycles. The van der Waals surface area contributed by atoms with Crippen LogP contribution in [0.25, 0.3) is 6.08 Å². The number of amidine groups is 1. The van der Waals surface area contributed by atoms with Crippen LogP contribution in [-0.2, 0) is 4.79 Å². The first-order valence-corrected chi connectivity index (χ1v) is 9.29. The summed E-state index contributed by atoms with van der Waals surface area (Å²) in [4.78, 5) is 19.2. The minimum absolute atomic E-state index is 0.105. The topological polar surface area (TPSA) is 71.4 Å². The highest BCUT2D eigenvalue weighted by Gasteiger charge is 2.32. The number of methoxy groups -OCH3 is 2. The molecule has 146 valence electrons. The van der Waals surface area contributed by atoms with E-state index in [2.05, 4.69) is 4.99 Å². The van der Waals surface area contributed by atoms with Crippen molar-refractivity contribution in [3.8, 4) is 17.2 Å². The maximum atomic E-state index is 13.1. The van der Waals surface area contributed by atoms with Crippen molar-refractivity contribution in [2.45, 2.75) is 6.92 Å². The number of amides is 1. The van der Waals surface area contributed by atoms with Crippen molar-refractivity contribution in [2.24, 2.45) is 4.99 Å². The molecule has 1 aliphatic rings. The second-order valence-corrected chi connectivity index (χ2v) is 6.81. The standard InChI is InChI=1S/C20H19FN2O4S/c1-4-23-19(25)17(28-20(23)22-14-7-5-13(21)6-8-14)11-12-9-15(26-2)18(24)16(10-12)27-3/h5-11,24H,4H2,1-3H3/b17-11+,22-20?. The van der Waals surface area contributed by atoms with Gasteiger partial charge in [0, 0.05) is 6.54 Å². The Morgan fingerprint density at radius 2 is 1.79 bits per heavy atom. The van der Waals surface area contributed by atoms with E-state index in [1.54, 1.807) is 35.2 Å². The lowest BCUT2D eigenvalue weighted by molar-refractivity contribution is -0.122. The number of phenols is 1. The summed E-state index contributed by atoms with van der Waals surface area (Å²) in [5, 5.41) is 10.6. The van der Waals surface area contributed by atoms with Gasteiger partial charge in [-0.2, -0.15) is 0 Å². The second-order valence-electron chi connectivity index (χ2n) is 5.80. The number of halogens is 1. The fourth-order valence-corrected chi connectivity index (χ4v) is 3.71. The van der Waals surface area contributed by atoms with Gasteiger partial charge in [0.1, 0.15) is 5.82 Å². The maximum absolute atomic E-state index is 13.1. The minimum Gasteiger partial charge on any atom is -0.502 e. The van der Waals surface area contributed by atoms with Gasteiger partial charge in [-0.25, -0.2) is 9.38 Å². The van der Waals surface area contributed by atoms with Crippen molar-refractivity contribution in [1.82, 2.24) is 4.90 Å². The number of carbonyl (C=O) groups excluding carboxylic acids is 1. The molecule has 6 nitrogen and oxygen atoms in total. The molecule has 0 bridgehead atoms. The van der Waals surface area contributed by atoms with Gasteiger partial charge in [-0.1, -0.05) is 0 Å². The van der Waals surface area contributed by atoms with Crippen LogP contribution in [0.5, 0.6) is 17.2 Å². The fourth-order valence-electron chi connectivity index (χ4n) is 2.64. The van der Waals surface area contributed by atoms with Crippen LogP contribution in [-0.4, -0.2) is 41.8 Å². The van der Waals surface area contributed by atoms with Crippen molar-refractivity contribution in [3.05, 3.63) is 52.7 Å². The summed E-state index contributed by atoms with van der Waals surface area (Å²) in [7, 11) is 2.88. The predicted octanol–water partition coefficient (Wildman–Crippen LogP) is 4.17. The van der Waals surface area contributed by atoms with Crippen molar-refractivity contribution in [2.75, 3.05) is 20.8 Å². The third-order valence-corrected chi connectivity index (χ3v) is 5.06. The molecule has 0 unspecified atom stereocenters. The van der Waals surface area contributed by atoms with Crippen LogP contribution in [0.15, 0.2) is 46.3 Å². The highest BCUT2D eigenvalue weighted by atomic mass is 32.2. The van der Waals surface area contributed by atoms with Gasteiger partial charge in [0.05, 0.1) is 24.8 Å². The molecule has 2 aromatic rings. The first-order chi connectivity index (χ1) is 13.5. The Kier molecular flexibility index (Phi) is 5.89. The molecule has 1 saturated heterocycles. The van der Waals surface area contributed by atoms with Crippen LogP contribution in [0, 0.1) is 5.82 Å². The van der Waals surface area contributed by atoms with Crippen molar-refractivity contribution >= 4 is 34.6 Å². The molecule has 3 rings (SSSR count). The predicted molar refractivity (Wildman–Crippen MR) is 108 cm³/mol. The van der Waals surface area contributed by atoms with Crippen molar-refractivity contribution in [1.29, 1.82) is 0 Å². The molecule has 0 aliphatic carbocycles. The Morgan fingerprint density at radius 1 is 1.18 bits per heavy atom. The lowest BCUT2D eigenvalue weighted by Crippen LogP contribution is -2.28. The molecule has 0 radical (unpaired) electrons. The van der Waals surface area contributed by atoms with Crippen molar-refractivity contribution in [3.63, 3.8) is 0 Å². The zero-order valence-electron chi connectivity index (χ0n) is 15.6. The minimum atomic E-state index is -0.345. The van der Waals surface area contributed by atoms with Crippen LogP contribution < -0.4 is 9.47 Å². The smallest absolute Gasteiger partial charge is 0.266 e. The van der Waals surface area contributed by atoms with E-state index in [0.29, 0.717) is 27.9 Å². The van der Waals surface area contributed by atoms with Gasteiger partial charge in [-0.15, -0.1) is 0 Å². The molecule has 0 aromatic heterocycles. The number of hydrogen-bond donors (Lipinski definition) is 1. The molecular formula is C20H19FN2O4S. The van der Waals surface area contributed by atoms with E-state index in [4.69, 9.17) is 9.47 Å². The number of nitrogens with zero attached hydrogens (tertiary/aromatic N) is 2. The van der Waals surface area contributed by atoms with E-state index in [1.807, 2.05) is 6.92 Å². The number of likely N-dealkylation sites (N-methyl/N-ethyl adjacent to an activating group) is 1. The molecule has 8 heteroatoms. The number of aliphatic imine (C=N–C) groups is 1. The SMILES string of the molecule is CCN1C(=O)/C(=C\c2cc(OC)c(O)c(OC)c2)SC1=Nc1ccc(F)cc1. The summed E-state index contributed by atoms with van der Waals surface area (Å²) in [6.07, 6.45) is 1.69. The molecule has 1 fully saturated rings. The molecular weight excluding hydrogens is 383 g/mol. The normalized spacial score (nSPS) is 16.9. The van der Waals surface area contributed by atoms with Gasteiger partial charge in [0.15, 0.2) is 16.7 Å². The maximum Gasteiger partial charge on any atom is 0.266 e. The Labute approximate surface area is 166 Å². The van der Waals surface area contributed by atoms with Crippen molar-refractivity contribution < 1.29 is 23.8 Å². The van der Waals surface area contributed by atoms with Gasteiger partial charge in [0.25, 0.3) is 5.91 Å². The first kappa shape index (κ1) is 19.8. The first-order valence-electron chi connectivity index (χ1n) is 8.47. The highest BCUT2D eigenvalue weighted by Crippen LogP contribution is 2.39. The molecule has 1 N–H and O–H groups in total. The number of aromatic hydroxyl groups is 1. The van der Waals surface area contributed by atoms with Crippen LogP contribution in [0.1, 0.15) is 12.5 Å². The third-order valence-electron chi connectivity index (χ3n) is 4.06. The molecule has 28 heavy (non-hydrogen) atoms. The number of thioether (sulfide) groups is 1. The number of benzene rings is 2. The number of hydrogen-bond acceptors (Lipinski definition) is 6. The van der Waals surface area contributed by atoms with E-state index >= 15 is 0 Å². The Bertz CT molecular complexity index is 932. The summed E-state index contributed by atoms with van der Waals surface area (Å²) < 4.78 is 23.4. The molecule has 1 amide bonds. The van der Waals surface area contributed by atoms with Gasteiger partial charge in [-0.3, -0.25) is 9.69 Å².